The van der Waals surface area contributed by atoms with Gasteiger partial charge in [0.2, 0.25) is 0 Å². The largest absolute Gasteiger partial charge is 0.480 e. The highest BCUT2D eigenvalue weighted by Gasteiger charge is 2.18. The van der Waals surface area contributed by atoms with E-state index in [9.17, 15) is 9.90 Å². The molecule has 0 aliphatic heterocycles. The molecule has 5 nitrogen and oxygen atoms in total. The van der Waals surface area contributed by atoms with Crippen LogP contribution in [0, 0.1) is 11.8 Å². The van der Waals surface area contributed by atoms with E-state index in [2.05, 4.69) is 62.6 Å². The Bertz CT molecular complexity index is 634. The Labute approximate surface area is 184 Å². The van der Waals surface area contributed by atoms with Crippen LogP contribution in [0.3, 0.4) is 0 Å². The molecule has 0 saturated carbocycles. The molecule has 2 atom stereocenters. The van der Waals surface area contributed by atoms with Gasteiger partial charge in [-0.2, -0.15) is 0 Å². The highest BCUT2D eigenvalue weighted by atomic mass is 16.4. The van der Waals surface area contributed by atoms with Crippen molar-refractivity contribution in [2.75, 3.05) is 20.1 Å². The fourth-order valence-electron chi connectivity index (χ4n) is 2.75. The van der Waals surface area contributed by atoms with Gasteiger partial charge >= 0.3 is 5.97 Å². The van der Waals surface area contributed by atoms with Gasteiger partial charge in [-0.05, 0) is 50.0 Å². The van der Waals surface area contributed by atoms with Gasteiger partial charge in [0, 0.05) is 37.2 Å². The second-order valence-corrected chi connectivity index (χ2v) is 8.31. The average Bonchev–Trinajstić information content (AvgIpc) is 2.70. The number of carbonyl (C=O) groups is 1. The van der Waals surface area contributed by atoms with Crippen LogP contribution in [-0.4, -0.2) is 42.2 Å². The lowest BCUT2D eigenvalue weighted by molar-refractivity contribution is -0.139. The van der Waals surface area contributed by atoms with E-state index in [0.29, 0.717) is 36.9 Å². The topological polar surface area (TPSA) is 64.6 Å². The predicted octanol–water partition coefficient (Wildman–Crippen LogP) is 5.08. The highest BCUT2D eigenvalue weighted by Crippen LogP contribution is 2.20. The van der Waals surface area contributed by atoms with Gasteiger partial charge in [-0.3, -0.25) is 0 Å². The van der Waals surface area contributed by atoms with E-state index in [0.717, 1.165) is 36.4 Å². The molecule has 0 aliphatic rings. The van der Waals surface area contributed by atoms with Crippen molar-refractivity contribution >= 4 is 5.97 Å². The molecule has 0 bridgehead atoms. The first-order chi connectivity index (χ1) is 14.0. The number of aliphatic carboxylic acids is 1. The summed E-state index contributed by atoms with van der Waals surface area (Å²) in [6.07, 6.45) is 6.90. The maximum Gasteiger partial charge on any atom is 0.326 e. The third-order valence-corrected chi connectivity index (χ3v) is 5.50. The SMILES string of the molecule is C=CCCCNC(=C)CCC(NC(=C)/C(C)=C/CN(C)C(=C)C(C)C(C)C)C(=O)O. The van der Waals surface area contributed by atoms with E-state index in [1.165, 1.54) is 0 Å². The average molecular weight is 418 g/mol. The van der Waals surface area contributed by atoms with Gasteiger partial charge in [0.25, 0.3) is 0 Å². The van der Waals surface area contributed by atoms with E-state index in [1.807, 2.05) is 26.1 Å². The zero-order valence-electron chi connectivity index (χ0n) is 19.8. The number of hydrogen-bond acceptors (Lipinski definition) is 4. The normalized spacial score (nSPS) is 13.3. The van der Waals surface area contributed by atoms with Crippen molar-refractivity contribution in [3.05, 3.63) is 61.1 Å². The van der Waals surface area contributed by atoms with E-state index >= 15 is 0 Å². The first-order valence-corrected chi connectivity index (χ1v) is 10.8. The third kappa shape index (κ3) is 10.9. The lowest BCUT2D eigenvalue weighted by Gasteiger charge is -2.28. The summed E-state index contributed by atoms with van der Waals surface area (Å²) in [5, 5.41) is 15.9. The minimum absolute atomic E-state index is 0.403. The summed E-state index contributed by atoms with van der Waals surface area (Å²) in [6, 6.07) is -0.707. The first kappa shape index (κ1) is 27.6. The molecule has 0 rings (SSSR count). The molecule has 0 amide bonds. The number of allylic oxidation sites excluding steroid dienone is 4. The zero-order chi connectivity index (χ0) is 23.3. The van der Waals surface area contributed by atoms with E-state index in [-0.39, 0.29) is 0 Å². The standard InChI is InChI=1S/C25H43N3O2/c1-10-11-12-16-26-20(5)13-14-24(25(29)30)27-22(7)19(4)15-17-28(9)23(8)21(6)18(2)3/h10,15,18,21,24,26-27H,1,5,7-8,11-14,16-17H2,2-4,6,9H3,(H,29,30)/b19-15+. The summed E-state index contributed by atoms with van der Waals surface area (Å²) in [5.41, 5.74) is 3.50. The van der Waals surface area contributed by atoms with Crippen LogP contribution >= 0.6 is 0 Å². The summed E-state index contributed by atoms with van der Waals surface area (Å²) in [5.74, 6) is 0.0452. The van der Waals surface area contributed by atoms with Gasteiger partial charge in [0.15, 0.2) is 0 Å². The van der Waals surface area contributed by atoms with Crippen molar-refractivity contribution in [2.24, 2.45) is 11.8 Å². The molecular weight excluding hydrogens is 374 g/mol. The van der Waals surface area contributed by atoms with Gasteiger partial charge in [-0.1, -0.05) is 52.7 Å². The van der Waals surface area contributed by atoms with Crippen LogP contribution in [0.2, 0.25) is 0 Å². The fourth-order valence-corrected chi connectivity index (χ4v) is 2.75. The number of likely N-dealkylation sites (N-methyl/N-ethyl adjacent to an activating group) is 1. The quantitative estimate of drug-likeness (QED) is 0.175. The molecule has 0 aromatic carbocycles. The van der Waals surface area contributed by atoms with Gasteiger partial charge in [0.05, 0.1) is 0 Å². The molecular formula is C25H43N3O2. The Morgan fingerprint density at radius 2 is 1.83 bits per heavy atom. The van der Waals surface area contributed by atoms with Crippen LogP contribution in [0.4, 0.5) is 0 Å². The van der Waals surface area contributed by atoms with Crippen LogP contribution in [-0.2, 0) is 4.79 Å². The minimum Gasteiger partial charge on any atom is -0.480 e. The maximum absolute atomic E-state index is 11.7. The minimum atomic E-state index is -0.889. The van der Waals surface area contributed by atoms with Crippen LogP contribution in [0.15, 0.2) is 61.1 Å². The number of unbranched alkanes of at least 4 members (excludes halogenated alkanes) is 1. The molecule has 0 fully saturated rings. The number of carboxylic acids is 1. The summed E-state index contributed by atoms with van der Waals surface area (Å²) < 4.78 is 0. The van der Waals surface area contributed by atoms with Gasteiger partial charge in [-0.15, -0.1) is 6.58 Å². The molecule has 0 radical (unpaired) electrons. The first-order valence-electron chi connectivity index (χ1n) is 10.8. The summed E-state index contributed by atoms with van der Waals surface area (Å²) in [4.78, 5) is 13.8. The smallest absolute Gasteiger partial charge is 0.326 e. The Morgan fingerprint density at radius 1 is 1.20 bits per heavy atom. The lowest BCUT2D eigenvalue weighted by Crippen LogP contribution is -2.36. The third-order valence-electron chi connectivity index (χ3n) is 5.50. The predicted molar refractivity (Wildman–Crippen MR) is 129 cm³/mol. The summed E-state index contributed by atoms with van der Waals surface area (Å²) in [6.45, 7) is 25.9. The molecule has 0 spiro atoms. The molecule has 30 heavy (non-hydrogen) atoms. The van der Waals surface area contributed by atoms with Crippen LogP contribution < -0.4 is 10.6 Å². The molecule has 0 aromatic heterocycles. The second kappa shape index (κ2) is 14.5. The summed E-state index contributed by atoms with van der Waals surface area (Å²) >= 11 is 0. The van der Waals surface area contributed by atoms with Crippen LogP contribution in [0.1, 0.15) is 53.4 Å². The Morgan fingerprint density at radius 3 is 2.37 bits per heavy atom. The molecule has 5 heteroatoms. The van der Waals surface area contributed by atoms with Gasteiger partial charge in [0.1, 0.15) is 6.04 Å². The van der Waals surface area contributed by atoms with Crippen molar-refractivity contribution in [2.45, 2.75) is 59.4 Å². The number of carboxylic acid groups (broad SMARTS) is 1. The van der Waals surface area contributed by atoms with Crippen LogP contribution in [0.25, 0.3) is 0 Å². The van der Waals surface area contributed by atoms with E-state index < -0.39 is 12.0 Å². The number of nitrogens with one attached hydrogen (secondary N) is 2. The van der Waals surface area contributed by atoms with E-state index in [4.69, 9.17) is 0 Å². The Balaban J connectivity index is 4.66. The zero-order valence-corrected chi connectivity index (χ0v) is 19.8. The maximum atomic E-state index is 11.7. The van der Waals surface area contributed by atoms with Gasteiger partial charge < -0.3 is 20.6 Å². The highest BCUT2D eigenvalue weighted by molar-refractivity contribution is 5.74. The lowest BCUT2D eigenvalue weighted by atomic mass is 9.94. The Hall–Kier alpha value is -2.43. The number of nitrogens with zero attached hydrogens (tertiary/aromatic N) is 1. The fraction of sp³-hybridized carbons (Fsp3) is 0.560. The van der Waals surface area contributed by atoms with Gasteiger partial charge in [-0.25, -0.2) is 4.79 Å². The second-order valence-electron chi connectivity index (χ2n) is 8.31. The monoisotopic (exact) mass is 417 g/mol. The molecule has 3 N–H and O–H groups in total. The van der Waals surface area contributed by atoms with Crippen molar-refractivity contribution in [1.82, 2.24) is 15.5 Å². The molecule has 2 unspecified atom stereocenters. The van der Waals surface area contributed by atoms with Crippen molar-refractivity contribution in [1.29, 1.82) is 0 Å². The molecule has 0 saturated heterocycles. The Kier molecular flexibility index (Phi) is 13.4. The molecule has 170 valence electrons. The van der Waals surface area contributed by atoms with E-state index in [1.54, 1.807) is 0 Å². The van der Waals surface area contributed by atoms with Crippen molar-refractivity contribution < 1.29 is 9.90 Å². The molecule has 0 heterocycles. The molecule has 0 aliphatic carbocycles. The number of rotatable bonds is 17. The van der Waals surface area contributed by atoms with Crippen LogP contribution in [0.5, 0.6) is 0 Å². The number of hydrogen-bond donors (Lipinski definition) is 3. The molecule has 0 aromatic rings. The van der Waals surface area contributed by atoms with Crippen molar-refractivity contribution in [3.8, 4) is 0 Å². The van der Waals surface area contributed by atoms with Crippen molar-refractivity contribution in [3.63, 3.8) is 0 Å². The summed E-state index contributed by atoms with van der Waals surface area (Å²) in [7, 11) is 2.02.